The average Bonchev–Trinajstić information content (AvgIpc) is 2.53. The van der Waals surface area contributed by atoms with Crippen LogP contribution in [-0.4, -0.2) is 15.4 Å². The maximum atomic E-state index is 11.1. The second-order valence-corrected chi connectivity index (χ2v) is 2.61. The van der Waals surface area contributed by atoms with Crippen LogP contribution >= 0.6 is 12.6 Å². The van der Waals surface area contributed by atoms with E-state index in [0.29, 0.717) is 0 Å². The number of nitrogens with one attached hydrogen (secondary N) is 1. The van der Waals surface area contributed by atoms with Crippen molar-refractivity contribution in [3.05, 3.63) is 16.0 Å². The van der Waals surface area contributed by atoms with Crippen molar-refractivity contribution < 1.29 is 4.42 Å². The van der Waals surface area contributed by atoms with Gasteiger partial charge in [0.25, 0.3) is 0 Å². The molecule has 7 heteroatoms. The van der Waals surface area contributed by atoms with Gasteiger partial charge in [-0.1, -0.05) is 0 Å². The molecule has 0 radical (unpaired) electrons. The van der Waals surface area contributed by atoms with Gasteiger partial charge in [0, 0.05) is 0 Å². The topological polar surface area (TPSA) is 95.6 Å². The SMILES string of the molecule is N#Cc1c(S)oc(=O)c2n[nH]nc12. The molecule has 1 N–H and O–H groups in total. The van der Waals surface area contributed by atoms with Gasteiger partial charge in [-0.05, 0) is 0 Å². The zero-order valence-corrected chi connectivity index (χ0v) is 7.00. The standard InChI is InChI=1S/C6H2N4O2S/c7-1-2-3-4(9-10-8-3)5(11)12-6(2)13/h13H,(H,8,9,10). The number of nitrogens with zero attached hydrogens (tertiary/aromatic N) is 3. The number of fused-ring (bicyclic) bond motifs is 1. The minimum Gasteiger partial charge on any atom is -0.413 e. The molecule has 0 aliphatic carbocycles. The quantitative estimate of drug-likeness (QED) is 0.578. The van der Waals surface area contributed by atoms with Crippen molar-refractivity contribution in [3.8, 4) is 6.07 Å². The van der Waals surface area contributed by atoms with Gasteiger partial charge in [0.15, 0.2) is 10.6 Å². The van der Waals surface area contributed by atoms with Crippen LogP contribution in [0, 0.1) is 11.3 Å². The van der Waals surface area contributed by atoms with E-state index in [0.717, 1.165) is 0 Å². The molecule has 2 heterocycles. The van der Waals surface area contributed by atoms with Crippen LogP contribution in [0.5, 0.6) is 0 Å². The highest BCUT2D eigenvalue weighted by atomic mass is 32.1. The lowest BCUT2D eigenvalue weighted by molar-refractivity contribution is 0.428. The first-order valence-electron chi connectivity index (χ1n) is 3.20. The fourth-order valence-corrected chi connectivity index (χ4v) is 1.18. The molecule has 64 valence electrons. The fourth-order valence-electron chi connectivity index (χ4n) is 0.937. The first-order valence-corrected chi connectivity index (χ1v) is 3.65. The third-order valence-corrected chi connectivity index (χ3v) is 1.81. The predicted octanol–water partition coefficient (Wildman–Crippen LogP) is 0.0715. The maximum Gasteiger partial charge on any atom is 0.367 e. The van der Waals surface area contributed by atoms with Crippen LogP contribution in [0.25, 0.3) is 11.0 Å². The van der Waals surface area contributed by atoms with Crippen molar-refractivity contribution in [2.24, 2.45) is 0 Å². The molecule has 2 aromatic heterocycles. The fraction of sp³-hybridized carbons (Fsp3) is 0. The molecule has 13 heavy (non-hydrogen) atoms. The van der Waals surface area contributed by atoms with Crippen molar-refractivity contribution >= 4 is 23.7 Å². The predicted molar refractivity (Wildman–Crippen MR) is 44.4 cm³/mol. The molecule has 0 bridgehead atoms. The van der Waals surface area contributed by atoms with Crippen LogP contribution < -0.4 is 5.63 Å². The summed E-state index contributed by atoms with van der Waals surface area (Å²) in [7, 11) is 0. The summed E-state index contributed by atoms with van der Waals surface area (Å²) < 4.78 is 4.63. The molecular weight excluding hydrogens is 192 g/mol. The molecular formula is C6H2N4O2S. The Labute approximate surface area is 76.6 Å². The van der Waals surface area contributed by atoms with Gasteiger partial charge in [0.05, 0.1) is 0 Å². The number of hydrogen-bond donors (Lipinski definition) is 2. The highest BCUT2D eigenvalue weighted by Crippen LogP contribution is 2.17. The summed E-state index contributed by atoms with van der Waals surface area (Å²) in [5.41, 5.74) is -0.363. The van der Waals surface area contributed by atoms with Gasteiger partial charge in [-0.15, -0.1) is 17.7 Å². The molecule has 0 aromatic carbocycles. The van der Waals surface area contributed by atoms with Crippen molar-refractivity contribution in [1.82, 2.24) is 15.4 Å². The summed E-state index contributed by atoms with van der Waals surface area (Å²) in [5, 5.41) is 18.1. The molecule has 6 nitrogen and oxygen atoms in total. The van der Waals surface area contributed by atoms with Crippen LogP contribution in [0.4, 0.5) is 0 Å². The number of aromatic amines is 1. The van der Waals surface area contributed by atoms with E-state index in [1.54, 1.807) is 0 Å². The Morgan fingerprint density at radius 3 is 2.85 bits per heavy atom. The largest absolute Gasteiger partial charge is 0.413 e. The summed E-state index contributed by atoms with van der Waals surface area (Å²) in [4.78, 5) is 11.1. The Morgan fingerprint density at radius 1 is 1.46 bits per heavy atom. The molecule has 0 aliphatic heterocycles. The summed E-state index contributed by atoms with van der Waals surface area (Å²) in [6.45, 7) is 0. The van der Waals surface area contributed by atoms with Gasteiger partial charge in [-0.2, -0.15) is 15.6 Å². The van der Waals surface area contributed by atoms with Crippen molar-refractivity contribution in [2.75, 3.05) is 0 Å². The van der Waals surface area contributed by atoms with E-state index in [1.165, 1.54) is 0 Å². The third kappa shape index (κ3) is 0.996. The number of H-pyrrole nitrogens is 1. The Hall–Kier alpha value is -1.81. The molecule has 0 saturated carbocycles. The van der Waals surface area contributed by atoms with E-state index >= 15 is 0 Å². The van der Waals surface area contributed by atoms with Crippen molar-refractivity contribution in [1.29, 1.82) is 5.26 Å². The van der Waals surface area contributed by atoms with Crippen LogP contribution in [0.2, 0.25) is 0 Å². The number of hydrogen-bond acceptors (Lipinski definition) is 6. The van der Waals surface area contributed by atoms with Crippen molar-refractivity contribution in [3.63, 3.8) is 0 Å². The second kappa shape index (κ2) is 2.60. The normalized spacial score (nSPS) is 10.2. The van der Waals surface area contributed by atoms with Gasteiger partial charge in [-0.25, -0.2) is 4.79 Å². The monoisotopic (exact) mass is 194 g/mol. The summed E-state index contributed by atoms with van der Waals surface area (Å²) >= 11 is 3.83. The minimum atomic E-state index is -0.659. The minimum absolute atomic E-state index is 0.00866. The van der Waals surface area contributed by atoms with Crippen LogP contribution in [0.3, 0.4) is 0 Å². The Morgan fingerprint density at radius 2 is 2.15 bits per heavy atom. The molecule has 0 amide bonds. The average molecular weight is 194 g/mol. The lowest BCUT2D eigenvalue weighted by atomic mass is 10.3. The Balaban J connectivity index is 3.08. The van der Waals surface area contributed by atoms with Crippen LogP contribution in [0.15, 0.2) is 14.3 Å². The van der Waals surface area contributed by atoms with Crippen LogP contribution in [-0.2, 0) is 0 Å². The first-order chi connectivity index (χ1) is 6.24. The lowest BCUT2D eigenvalue weighted by Crippen LogP contribution is -2.01. The summed E-state index contributed by atoms with van der Waals surface area (Å²) in [5.74, 6) is 0. The molecule has 0 fully saturated rings. The Kier molecular flexibility index (Phi) is 1.56. The number of aromatic nitrogens is 3. The van der Waals surface area contributed by atoms with Crippen molar-refractivity contribution in [2.45, 2.75) is 5.09 Å². The highest BCUT2D eigenvalue weighted by molar-refractivity contribution is 7.80. The number of nitriles is 1. The molecule has 2 aromatic rings. The van der Waals surface area contributed by atoms with Gasteiger partial charge in [0.2, 0.25) is 0 Å². The molecule has 0 unspecified atom stereocenters. The molecule has 0 atom stereocenters. The van der Waals surface area contributed by atoms with E-state index in [1.807, 2.05) is 6.07 Å². The Bertz CT molecular complexity index is 564. The molecule has 0 saturated heterocycles. The first kappa shape index (κ1) is 7.82. The van der Waals surface area contributed by atoms with Crippen LogP contribution in [0.1, 0.15) is 5.56 Å². The van der Waals surface area contributed by atoms with E-state index in [2.05, 4.69) is 32.5 Å². The smallest absolute Gasteiger partial charge is 0.367 e. The maximum absolute atomic E-state index is 11.1. The summed E-state index contributed by atoms with van der Waals surface area (Å²) in [6, 6.07) is 1.82. The van der Waals surface area contributed by atoms with Gasteiger partial charge >= 0.3 is 5.63 Å². The number of rotatable bonds is 0. The molecule has 0 spiro atoms. The third-order valence-electron chi connectivity index (χ3n) is 1.49. The van der Waals surface area contributed by atoms with Gasteiger partial charge in [-0.3, -0.25) is 0 Å². The van der Waals surface area contributed by atoms with E-state index in [9.17, 15) is 4.79 Å². The lowest BCUT2D eigenvalue weighted by Gasteiger charge is -1.91. The van der Waals surface area contributed by atoms with E-state index in [-0.39, 0.29) is 21.7 Å². The molecule has 0 aliphatic rings. The summed E-state index contributed by atoms with van der Waals surface area (Å²) in [6.07, 6.45) is 0. The highest BCUT2D eigenvalue weighted by Gasteiger charge is 2.14. The van der Waals surface area contributed by atoms with E-state index in [4.69, 9.17) is 5.26 Å². The second-order valence-electron chi connectivity index (χ2n) is 2.20. The zero-order valence-electron chi connectivity index (χ0n) is 6.11. The van der Waals surface area contributed by atoms with E-state index < -0.39 is 5.63 Å². The van der Waals surface area contributed by atoms with Gasteiger partial charge < -0.3 is 4.42 Å². The zero-order chi connectivity index (χ0) is 9.42. The number of thiol groups is 1. The van der Waals surface area contributed by atoms with Gasteiger partial charge in [0.1, 0.15) is 17.1 Å². The molecule has 2 rings (SSSR count).